The molecule has 1 rings (SSSR count). The van der Waals surface area contributed by atoms with E-state index in [-0.39, 0.29) is 6.61 Å². The molecule has 3 nitrogen and oxygen atoms in total. The Hall–Kier alpha value is -1.06. The molecule has 0 aromatic heterocycles. The quantitative estimate of drug-likeness (QED) is 0.760. The molecule has 0 radical (unpaired) electrons. The molecule has 0 aliphatic heterocycles. The molecule has 1 aromatic carbocycles. The molecule has 0 aliphatic rings. The minimum atomic E-state index is -0.744. The van der Waals surface area contributed by atoms with Gasteiger partial charge < -0.3 is 15.6 Å². The number of aliphatic hydroxyl groups excluding tert-OH is 1. The molecule has 0 amide bonds. The van der Waals surface area contributed by atoms with Gasteiger partial charge in [0.1, 0.15) is 5.75 Å². The maximum absolute atomic E-state index is 9.16. The standard InChI is InChI=1S/C11H17NO2/c1-3-14-10-7-5-4-6-9(10)11(2,12)8-13/h4-7,13H,3,8,12H2,1-2H3. The highest BCUT2D eigenvalue weighted by Crippen LogP contribution is 2.27. The zero-order chi connectivity index (χ0) is 10.6. The highest BCUT2D eigenvalue weighted by Gasteiger charge is 2.23. The van der Waals surface area contributed by atoms with Gasteiger partial charge in [0.15, 0.2) is 0 Å². The Kier molecular flexibility index (Phi) is 3.49. The molecule has 0 bridgehead atoms. The lowest BCUT2D eigenvalue weighted by Crippen LogP contribution is -2.37. The van der Waals surface area contributed by atoms with E-state index in [1.165, 1.54) is 0 Å². The molecule has 1 unspecified atom stereocenters. The predicted molar refractivity (Wildman–Crippen MR) is 56.2 cm³/mol. The second-order valence-corrected chi connectivity index (χ2v) is 3.50. The van der Waals surface area contributed by atoms with Gasteiger partial charge in [-0.2, -0.15) is 0 Å². The van der Waals surface area contributed by atoms with Gasteiger partial charge in [0.2, 0.25) is 0 Å². The maximum atomic E-state index is 9.16. The van der Waals surface area contributed by atoms with Crippen LogP contribution in [0.3, 0.4) is 0 Å². The Morgan fingerprint density at radius 2 is 2.07 bits per heavy atom. The van der Waals surface area contributed by atoms with Crippen LogP contribution in [-0.2, 0) is 5.54 Å². The number of hydrogen-bond acceptors (Lipinski definition) is 3. The first-order chi connectivity index (χ1) is 6.61. The second-order valence-electron chi connectivity index (χ2n) is 3.50. The van der Waals surface area contributed by atoms with E-state index >= 15 is 0 Å². The molecule has 0 spiro atoms. The van der Waals surface area contributed by atoms with Crippen LogP contribution in [0.5, 0.6) is 5.75 Å². The zero-order valence-corrected chi connectivity index (χ0v) is 8.66. The Morgan fingerprint density at radius 1 is 1.43 bits per heavy atom. The molecule has 0 saturated carbocycles. The minimum Gasteiger partial charge on any atom is -0.494 e. The van der Waals surface area contributed by atoms with Gasteiger partial charge in [0.05, 0.1) is 18.8 Å². The van der Waals surface area contributed by atoms with E-state index in [2.05, 4.69) is 0 Å². The summed E-state index contributed by atoms with van der Waals surface area (Å²) in [7, 11) is 0. The van der Waals surface area contributed by atoms with Crippen LogP contribution in [0.25, 0.3) is 0 Å². The van der Waals surface area contributed by atoms with E-state index in [1.807, 2.05) is 31.2 Å². The van der Waals surface area contributed by atoms with Crippen LogP contribution in [0.4, 0.5) is 0 Å². The van der Waals surface area contributed by atoms with E-state index in [4.69, 9.17) is 15.6 Å². The number of rotatable bonds is 4. The van der Waals surface area contributed by atoms with Crippen molar-refractivity contribution < 1.29 is 9.84 Å². The number of nitrogens with two attached hydrogens (primary N) is 1. The van der Waals surface area contributed by atoms with Crippen LogP contribution in [-0.4, -0.2) is 18.3 Å². The van der Waals surface area contributed by atoms with Crippen molar-refractivity contribution in [2.45, 2.75) is 19.4 Å². The Morgan fingerprint density at radius 3 is 2.64 bits per heavy atom. The van der Waals surface area contributed by atoms with Crippen LogP contribution in [0, 0.1) is 0 Å². The van der Waals surface area contributed by atoms with Gasteiger partial charge in [-0.3, -0.25) is 0 Å². The summed E-state index contributed by atoms with van der Waals surface area (Å²) in [6, 6.07) is 7.52. The van der Waals surface area contributed by atoms with Crippen molar-refractivity contribution in [2.75, 3.05) is 13.2 Å². The van der Waals surface area contributed by atoms with Crippen molar-refractivity contribution in [3.05, 3.63) is 29.8 Å². The molecule has 1 aromatic rings. The predicted octanol–water partition coefficient (Wildman–Crippen LogP) is 1.25. The lowest BCUT2D eigenvalue weighted by Gasteiger charge is -2.24. The average molecular weight is 195 g/mol. The minimum absolute atomic E-state index is 0.100. The van der Waals surface area contributed by atoms with Crippen molar-refractivity contribution in [1.82, 2.24) is 0 Å². The maximum Gasteiger partial charge on any atom is 0.124 e. The van der Waals surface area contributed by atoms with E-state index < -0.39 is 5.54 Å². The van der Waals surface area contributed by atoms with Gasteiger partial charge in [-0.25, -0.2) is 0 Å². The summed E-state index contributed by atoms with van der Waals surface area (Å²) in [5.74, 6) is 0.744. The topological polar surface area (TPSA) is 55.5 Å². The van der Waals surface area contributed by atoms with E-state index in [0.29, 0.717) is 6.61 Å². The van der Waals surface area contributed by atoms with Crippen molar-refractivity contribution in [2.24, 2.45) is 5.73 Å². The molecular formula is C11H17NO2. The monoisotopic (exact) mass is 195 g/mol. The average Bonchev–Trinajstić information content (AvgIpc) is 2.19. The van der Waals surface area contributed by atoms with Crippen LogP contribution >= 0.6 is 0 Å². The van der Waals surface area contributed by atoms with E-state index in [0.717, 1.165) is 11.3 Å². The van der Waals surface area contributed by atoms with Gasteiger partial charge in [-0.1, -0.05) is 18.2 Å². The van der Waals surface area contributed by atoms with Gasteiger partial charge in [-0.15, -0.1) is 0 Å². The summed E-state index contributed by atoms with van der Waals surface area (Å²) in [4.78, 5) is 0. The van der Waals surface area contributed by atoms with Gasteiger partial charge in [-0.05, 0) is 19.9 Å². The van der Waals surface area contributed by atoms with Gasteiger partial charge >= 0.3 is 0 Å². The summed E-state index contributed by atoms with van der Waals surface area (Å²) in [6.45, 7) is 4.20. The summed E-state index contributed by atoms with van der Waals surface area (Å²) in [5, 5.41) is 9.16. The normalized spacial score (nSPS) is 14.9. The van der Waals surface area contributed by atoms with Crippen LogP contribution in [0.1, 0.15) is 19.4 Å². The van der Waals surface area contributed by atoms with E-state index in [9.17, 15) is 0 Å². The first-order valence-corrected chi connectivity index (χ1v) is 4.74. The summed E-state index contributed by atoms with van der Waals surface area (Å²) in [6.07, 6.45) is 0. The molecule has 78 valence electrons. The molecule has 0 aliphatic carbocycles. The van der Waals surface area contributed by atoms with Crippen molar-refractivity contribution in [1.29, 1.82) is 0 Å². The first-order valence-electron chi connectivity index (χ1n) is 4.74. The molecule has 14 heavy (non-hydrogen) atoms. The second kappa shape index (κ2) is 4.44. The Balaban J connectivity index is 3.06. The third kappa shape index (κ3) is 2.25. The first kappa shape index (κ1) is 11.0. The fourth-order valence-corrected chi connectivity index (χ4v) is 1.30. The van der Waals surface area contributed by atoms with Crippen molar-refractivity contribution in [3.8, 4) is 5.75 Å². The SMILES string of the molecule is CCOc1ccccc1C(C)(N)CO. The number of hydrogen-bond donors (Lipinski definition) is 2. The highest BCUT2D eigenvalue weighted by atomic mass is 16.5. The third-order valence-electron chi connectivity index (χ3n) is 2.13. The lowest BCUT2D eigenvalue weighted by molar-refractivity contribution is 0.204. The molecule has 1 atom stereocenters. The summed E-state index contributed by atoms with van der Waals surface area (Å²) >= 11 is 0. The number of aliphatic hydroxyl groups is 1. The fourth-order valence-electron chi connectivity index (χ4n) is 1.30. The van der Waals surface area contributed by atoms with Gasteiger partial charge in [0.25, 0.3) is 0 Å². The van der Waals surface area contributed by atoms with Crippen LogP contribution in [0.15, 0.2) is 24.3 Å². The number of ether oxygens (including phenoxy) is 1. The highest BCUT2D eigenvalue weighted by molar-refractivity contribution is 5.38. The molecule has 0 heterocycles. The lowest BCUT2D eigenvalue weighted by atomic mass is 9.93. The molecular weight excluding hydrogens is 178 g/mol. The van der Waals surface area contributed by atoms with Crippen LogP contribution < -0.4 is 10.5 Å². The molecule has 3 N–H and O–H groups in total. The largest absolute Gasteiger partial charge is 0.494 e. The van der Waals surface area contributed by atoms with Crippen LogP contribution in [0.2, 0.25) is 0 Å². The third-order valence-corrected chi connectivity index (χ3v) is 2.13. The molecule has 3 heteroatoms. The van der Waals surface area contributed by atoms with Crippen molar-refractivity contribution in [3.63, 3.8) is 0 Å². The van der Waals surface area contributed by atoms with Crippen molar-refractivity contribution >= 4 is 0 Å². The Labute approximate surface area is 84.5 Å². The smallest absolute Gasteiger partial charge is 0.124 e. The molecule has 0 fully saturated rings. The zero-order valence-electron chi connectivity index (χ0n) is 8.66. The fraction of sp³-hybridized carbons (Fsp3) is 0.455. The van der Waals surface area contributed by atoms with E-state index in [1.54, 1.807) is 6.92 Å². The number of benzene rings is 1. The Bertz CT molecular complexity index is 297. The summed E-state index contributed by atoms with van der Waals surface area (Å²) in [5.41, 5.74) is 6.03. The molecule has 0 saturated heterocycles. The summed E-state index contributed by atoms with van der Waals surface area (Å²) < 4.78 is 5.43. The number of para-hydroxylation sites is 1. The van der Waals surface area contributed by atoms with Gasteiger partial charge in [0, 0.05) is 5.56 Å².